The van der Waals surface area contributed by atoms with Gasteiger partial charge >= 0.3 is 0 Å². The lowest BCUT2D eigenvalue weighted by atomic mass is 10.2. The van der Waals surface area contributed by atoms with E-state index in [1.807, 2.05) is 6.92 Å². The van der Waals surface area contributed by atoms with E-state index in [1.165, 1.54) is 17.8 Å². The highest BCUT2D eigenvalue weighted by Crippen LogP contribution is 2.24. The van der Waals surface area contributed by atoms with Crippen LogP contribution in [0.15, 0.2) is 23.1 Å². The molecule has 3 heteroatoms. The predicted octanol–water partition coefficient (Wildman–Crippen LogP) is 2.75. The van der Waals surface area contributed by atoms with Gasteiger partial charge < -0.3 is 0 Å². The van der Waals surface area contributed by atoms with Gasteiger partial charge in [-0.15, -0.1) is 11.8 Å². The summed E-state index contributed by atoms with van der Waals surface area (Å²) in [4.78, 5) is 10.9. The van der Waals surface area contributed by atoms with Crippen LogP contribution < -0.4 is 0 Å². The number of benzene rings is 1. The van der Waals surface area contributed by atoms with E-state index in [-0.39, 0.29) is 5.82 Å². The minimum absolute atomic E-state index is 0.313. The number of thioether (sulfide) groups is 1. The van der Waals surface area contributed by atoms with E-state index in [0.29, 0.717) is 16.7 Å². The average Bonchev–Trinajstić information content (AvgIpc) is 2.09. The summed E-state index contributed by atoms with van der Waals surface area (Å²) < 4.78 is 13.0. The van der Waals surface area contributed by atoms with Crippen LogP contribution >= 0.6 is 11.8 Å². The van der Waals surface area contributed by atoms with Crippen molar-refractivity contribution < 1.29 is 9.18 Å². The summed E-state index contributed by atoms with van der Waals surface area (Å²) in [5.74, 6) is 0.452. The second-order valence-corrected chi connectivity index (χ2v) is 3.48. The van der Waals surface area contributed by atoms with E-state index in [4.69, 9.17) is 0 Å². The van der Waals surface area contributed by atoms with Crippen LogP contribution in [0.3, 0.4) is 0 Å². The van der Waals surface area contributed by atoms with Gasteiger partial charge in [0.2, 0.25) is 0 Å². The molecule has 0 aliphatic rings. The summed E-state index contributed by atoms with van der Waals surface area (Å²) in [7, 11) is 0. The van der Waals surface area contributed by atoms with Crippen LogP contribution in [0.2, 0.25) is 0 Å². The molecule has 0 radical (unpaired) electrons. The van der Waals surface area contributed by atoms with Crippen LogP contribution in [-0.2, 0) is 0 Å². The molecule has 0 aromatic heterocycles. The molecule has 0 heterocycles. The largest absolute Gasteiger partial charge is 0.298 e. The molecule has 0 saturated carbocycles. The highest BCUT2D eigenvalue weighted by Gasteiger charge is 2.06. The normalized spacial score (nSPS) is 9.83. The third-order valence-electron chi connectivity index (χ3n) is 1.41. The maximum Gasteiger partial charge on any atom is 0.151 e. The van der Waals surface area contributed by atoms with E-state index in [2.05, 4.69) is 0 Å². The molecule has 0 fully saturated rings. The molecular formula is C9H9FOS. The first-order valence-electron chi connectivity index (χ1n) is 3.66. The molecule has 1 aromatic rings. The van der Waals surface area contributed by atoms with E-state index in [9.17, 15) is 9.18 Å². The second kappa shape index (κ2) is 4.26. The molecule has 64 valence electrons. The van der Waals surface area contributed by atoms with E-state index in [1.54, 1.807) is 12.1 Å². The number of halogens is 1. The van der Waals surface area contributed by atoms with Crippen LogP contribution in [-0.4, -0.2) is 12.0 Å². The van der Waals surface area contributed by atoms with Gasteiger partial charge in [0.1, 0.15) is 5.82 Å². The minimum atomic E-state index is -0.313. The van der Waals surface area contributed by atoms with Crippen LogP contribution in [0, 0.1) is 5.82 Å². The SMILES string of the molecule is CCSc1c(F)cccc1C=O. The Kier molecular flexibility index (Phi) is 3.29. The summed E-state index contributed by atoms with van der Waals surface area (Å²) in [6, 6.07) is 4.53. The Balaban J connectivity index is 3.10. The maximum absolute atomic E-state index is 13.0. The van der Waals surface area contributed by atoms with Crippen molar-refractivity contribution in [1.82, 2.24) is 0 Å². The molecule has 0 unspecified atom stereocenters. The Morgan fingerprint density at radius 2 is 2.33 bits per heavy atom. The Hall–Kier alpha value is -0.830. The van der Waals surface area contributed by atoms with Crippen molar-refractivity contribution in [2.45, 2.75) is 11.8 Å². The molecule has 0 N–H and O–H groups in total. The smallest absolute Gasteiger partial charge is 0.151 e. The lowest BCUT2D eigenvalue weighted by Crippen LogP contribution is -1.89. The van der Waals surface area contributed by atoms with Crippen molar-refractivity contribution in [1.29, 1.82) is 0 Å². The summed E-state index contributed by atoms with van der Waals surface area (Å²) >= 11 is 1.35. The van der Waals surface area contributed by atoms with Crippen LogP contribution in [0.25, 0.3) is 0 Å². The number of carbonyl (C=O) groups excluding carboxylic acids is 1. The van der Waals surface area contributed by atoms with Gasteiger partial charge in [0.05, 0.1) is 4.90 Å². The van der Waals surface area contributed by atoms with Crippen molar-refractivity contribution in [2.75, 3.05) is 5.75 Å². The average molecular weight is 184 g/mol. The summed E-state index contributed by atoms with van der Waals surface area (Å²) in [6.45, 7) is 1.92. The first-order valence-corrected chi connectivity index (χ1v) is 4.64. The molecule has 1 aromatic carbocycles. The standard InChI is InChI=1S/C9H9FOS/c1-2-12-9-7(6-11)4-3-5-8(9)10/h3-6H,2H2,1H3. The fraction of sp³-hybridized carbons (Fsp3) is 0.222. The Labute approximate surface area is 75.0 Å². The fourth-order valence-electron chi connectivity index (χ4n) is 0.915. The topological polar surface area (TPSA) is 17.1 Å². The molecule has 0 aliphatic heterocycles. The zero-order chi connectivity index (χ0) is 8.97. The van der Waals surface area contributed by atoms with Crippen molar-refractivity contribution in [3.63, 3.8) is 0 Å². The molecule has 0 amide bonds. The zero-order valence-corrected chi connectivity index (χ0v) is 7.53. The molecule has 0 saturated heterocycles. The molecule has 0 atom stereocenters. The van der Waals surface area contributed by atoms with E-state index in [0.717, 1.165) is 5.75 Å². The van der Waals surface area contributed by atoms with Crippen molar-refractivity contribution in [3.8, 4) is 0 Å². The van der Waals surface area contributed by atoms with Gasteiger partial charge in [-0.1, -0.05) is 19.1 Å². The van der Waals surface area contributed by atoms with Crippen LogP contribution in [0.4, 0.5) is 4.39 Å². The molecule has 1 nitrogen and oxygen atoms in total. The first-order chi connectivity index (χ1) is 5.79. The van der Waals surface area contributed by atoms with E-state index < -0.39 is 0 Å². The quantitative estimate of drug-likeness (QED) is 0.530. The van der Waals surface area contributed by atoms with Gasteiger partial charge in [-0.3, -0.25) is 4.79 Å². The number of carbonyl (C=O) groups is 1. The van der Waals surface area contributed by atoms with Crippen molar-refractivity contribution >= 4 is 18.0 Å². The zero-order valence-electron chi connectivity index (χ0n) is 6.71. The molecule has 0 aliphatic carbocycles. The monoisotopic (exact) mass is 184 g/mol. The molecule has 0 spiro atoms. The van der Waals surface area contributed by atoms with Crippen molar-refractivity contribution in [3.05, 3.63) is 29.6 Å². The lowest BCUT2D eigenvalue weighted by molar-refractivity contribution is 0.112. The Morgan fingerprint density at radius 3 is 2.92 bits per heavy atom. The predicted molar refractivity (Wildman–Crippen MR) is 48.2 cm³/mol. The second-order valence-electron chi connectivity index (χ2n) is 2.21. The fourth-order valence-corrected chi connectivity index (χ4v) is 1.69. The molecule has 12 heavy (non-hydrogen) atoms. The van der Waals surface area contributed by atoms with Crippen LogP contribution in [0.5, 0.6) is 0 Å². The Morgan fingerprint density at radius 1 is 1.58 bits per heavy atom. The Bertz CT molecular complexity index is 286. The van der Waals surface area contributed by atoms with Crippen molar-refractivity contribution in [2.24, 2.45) is 0 Å². The van der Waals surface area contributed by atoms with Gasteiger partial charge in [-0.05, 0) is 11.8 Å². The number of hydrogen-bond donors (Lipinski definition) is 0. The first kappa shape index (κ1) is 9.26. The van der Waals surface area contributed by atoms with Gasteiger partial charge in [-0.2, -0.15) is 0 Å². The third-order valence-corrected chi connectivity index (χ3v) is 2.42. The van der Waals surface area contributed by atoms with Gasteiger partial charge in [0.25, 0.3) is 0 Å². The molecule has 1 rings (SSSR count). The summed E-state index contributed by atoms with van der Waals surface area (Å²) in [5.41, 5.74) is 0.432. The molecule has 0 bridgehead atoms. The maximum atomic E-state index is 13.0. The molecular weight excluding hydrogens is 175 g/mol. The lowest BCUT2D eigenvalue weighted by Gasteiger charge is -2.02. The van der Waals surface area contributed by atoms with Crippen LogP contribution in [0.1, 0.15) is 17.3 Å². The number of aldehydes is 1. The highest BCUT2D eigenvalue weighted by molar-refractivity contribution is 7.99. The van der Waals surface area contributed by atoms with Gasteiger partial charge in [0, 0.05) is 5.56 Å². The highest BCUT2D eigenvalue weighted by atomic mass is 32.2. The summed E-state index contributed by atoms with van der Waals surface area (Å²) in [5, 5.41) is 0. The number of hydrogen-bond acceptors (Lipinski definition) is 2. The third kappa shape index (κ3) is 1.85. The van der Waals surface area contributed by atoms with Gasteiger partial charge in [-0.25, -0.2) is 4.39 Å². The minimum Gasteiger partial charge on any atom is -0.298 e. The number of rotatable bonds is 3. The van der Waals surface area contributed by atoms with E-state index >= 15 is 0 Å². The van der Waals surface area contributed by atoms with Gasteiger partial charge in [0.15, 0.2) is 6.29 Å². The summed E-state index contributed by atoms with van der Waals surface area (Å²) in [6.07, 6.45) is 0.682.